The average molecular weight is 366 g/mol. The zero-order chi connectivity index (χ0) is 19.4. The molecule has 1 aromatic heterocycles. The van der Waals surface area contributed by atoms with Crippen molar-refractivity contribution < 1.29 is 14.3 Å². The van der Waals surface area contributed by atoms with Crippen LogP contribution in [-0.4, -0.2) is 43.5 Å². The third-order valence-corrected chi connectivity index (χ3v) is 4.82. The summed E-state index contributed by atoms with van der Waals surface area (Å²) in [5.41, 5.74) is 4.01. The number of nitrogens with zero attached hydrogens (tertiary/aromatic N) is 1. The number of aromatic amines is 1. The van der Waals surface area contributed by atoms with Crippen LogP contribution in [0.2, 0.25) is 0 Å². The summed E-state index contributed by atoms with van der Waals surface area (Å²) in [7, 11) is 5.18. The van der Waals surface area contributed by atoms with Crippen LogP contribution in [0.1, 0.15) is 28.4 Å². The number of H-pyrrole nitrogens is 1. The molecule has 0 saturated heterocycles. The molecule has 0 fully saturated rings. The number of rotatable bonds is 8. The lowest BCUT2D eigenvalue weighted by atomic mass is 10.0. The molecule has 0 atom stereocenters. The number of benzene rings is 2. The normalized spacial score (nSPS) is 11.1. The lowest BCUT2D eigenvalue weighted by molar-refractivity contribution is 0.0944. The number of methoxy groups -OCH3 is 2. The minimum atomic E-state index is 0.0962. The zero-order valence-electron chi connectivity index (χ0n) is 16.3. The molecule has 27 heavy (non-hydrogen) atoms. The lowest BCUT2D eigenvalue weighted by Crippen LogP contribution is -2.25. The van der Waals surface area contributed by atoms with Crippen LogP contribution in [0.5, 0.6) is 11.5 Å². The fourth-order valence-corrected chi connectivity index (χ4v) is 3.50. The molecule has 0 spiro atoms. The van der Waals surface area contributed by atoms with Crippen molar-refractivity contribution in [3.05, 3.63) is 59.3 Å². The van der Waals surface area contributed by atoms with Crippen molar-refractivity contribution in [1.82, 2.24) is 9.88 Å². The fourth-order valence-electron chi connectivity index (χ4n) is 3.50. The highest BCUT2D eigenvalue weighted by atomic mass is 16.5. The van der Waals surface area contributed by atoms with Gasteiger partial charge in [-0.25, -0.2) is 0 Å². The van der Waals surface area contributed by atoms with Crippen LogP contribution in [0.4, 0.5) is 0 Å². The molecule has 2 aromatic carbocycles. The zero-order valence-corrected chi connectivity index (χ0v) is 16.3. The topological polar surface area (TPSA) is 54.6 Å². The van der Waals surface area contributed by atoms with E-state index in [9.17, 15) is 4.79 Å². The van der Waals surface area contributed by atoms with Crippen molar-refractivity contribution >= 4 is 16.7 Å². The van der Waals surface area contributed by atoms with Crippen LogP contribution in [0, 0.1) is 0 Å². The van der Waals surface area contributed by atoms with Gasteiger partial charge in [0.2, 0.25) is 0 Å². The molecule has 5 nitrogen and oxygen atoms in total. The predicted octanol–water partition coefficient (Wildman–Crippen LogP) is 4.06. The van der Waals surface area contributed by atoms with E-state index in [1.54, 1.807) is 14.2 Å². The Morgan fingerprint density at radius 3 is 2.52 bits per heavy atom. The quantitative estimate of drug-likeness (QED) is 0.611. The maximum Gasteiger partial charge on any atom is 0.178 e. The Hall–Kier alpha value is -2.79. The Morgan fingerprint density at radius 1 is 1.07 bits per heavy atom. The second kappa shape index (κ2) is 8.27. The van der Waals surface area contributed by atoms with Gasteiger partial charge >= 0.3 is 0 Å². The van der Waals surface area contributed by atoms with Crippen LogP contribution in [0.3, 0.4) is 0 Å². The van der Waals surface area contributed by atoms with E-state index >= 15 is 0 Å². The van der Waals surface area contributed by atoms with Crippen LogP contribution < -0.4 is 9.47 Å². The molecule has 5 heteroatoms. The third-order valence-electron chi connectivity index (χ3n) is 4.82. The summed E-state index contributed by atoms with van der Waals surface area (Å²) in [6.07, 6.45) is 2.76. The summed E-state index contributed by atoms with van der Waals surface area (Å²) in [5.74, 6) is 1.50. The van der Waals surface area contributed by atoms with Gasteiger partial charge in [-0.05, 0) is 25.1 Å². The number of Topliss-reactive ketones (excluding diaryl/α,β-unsaturated/α-hetero) is 1. The van der Waals surface area contributed by atoms with Crippen molar-refractivity contribution in [1.29, 1.82) is 0 Å². The number of fused-ring (bicyclic) bond motifs is 1. The highest BCUT2D eigenvalue weighted by molar-refractivity contribution is 6.09. The number of hydrogen-bond acceptors (Lipinski definition) is 4. The Bertz CT molecular complexity index is 946. The highest BCUT2D eigenvalue weighted by Crippen LogP contribution is 2.31. The van der Waals surface area contributed by atoms with E-state index in [-0.39, 0.29) is 5.78 Å². The monoisotopic (exact) mass is 366 g/mol. The minimum Gasteiger partial charge on any atom is -0.493 e. The van der Waals surface area contributed by atoms with E-state index < -0.39 is 0 Å². The molecule has 0 amide bonds. The molecule has 0 aliphatic heterocycles. The van der Waals surface area contributed by atoms with Crippen molar-refractivity contribution in [3.8, 4) is 11.5 Å². The van der Waals surface area contributed by atoms with Crippen molar-refractivity contribution in [2.75, 3.05) is 27.8 Å². The van der Waals surface area contributed by atoms with E-state index in [0.717, 1.165) is 28.5 Å². The van der Waals surface area contributed by atoms with Gasteiger partial charge in [0, 0.05) is 34.8 Å². The Balaban J connectivity index is 1.77. The molecule has 3 aromatic rings. The van der Waals surface area contributed by atoms with Gasteiger partial charge < -0.3 is 14.5 Å². The molecule has 0 aliphatic carbocycles. The number of carbonyl (C=O) groups excluding carboxylic acids is 1. The van der Waals surface area contributed by atoms with E-state index in [0.29, 0.717) is 24.6 Å². The number of ketones is 1. The largest absolute Gasteiger partial charge is 0.493 e. The van der Waals surface area contributed by atoms with E-state index in [2.05, 4.69) is 18.0 Å². The van der Waals surface area contributed by atoms with Crippen LogP contribution >= 0.6 is 0 Å². The Kier molecular flexibility index (Phi) is 5.81. The molecule has 1 heterocycles. The van der Waals surface area contributed by atoms with Gasteiger partial charge in [0.25, 0.3) is 0 Å². The van der Waals surface area contributed by atoms with Gasteiger partial charge in [-0.15, -0.1) is 0 Å². The maximum absolute atomic E-state index is 12.9. The lowest BCUT2D eigenvalue weighted by Gasteiger charge is -2.19. The number of nitrogens with one attached hydrogen (secondary N) is 1. The number of aromatic nitrogens is 1. The van der Waals surface area contributed by atoms with Crippen molar-refractivity contribution in [3.63, 3.8) is 0 Å². The first-order valence-electron chi connectivity index (χ1n) is 9.09. The smallest absolute Gasteiger partial charge is 0.178 e. The SMILES string of the molecule is CCc1cccc2c(C(=O)CN(C)Cc3cccc(OC)c3OC)c[nH]c12. The molecule has 0 unspecified atom stereocenters. The molecule has 0 aliphatic rings. The van der Waals surface area contributed by atoms with Crippen LogP contribution in [0.25, 0.3) is 10.9 Å². The molecule has 0 radical (unpaired) electrons. The third kappa shape index (κ3) is 3.83. The first-order valence-corrected chi connectivity index (χ1v) is 9.09. The first-order chi connectivity index (χ1) is 13.1. The maximum atomic E-state index is 12.9. The molecule has 142 valence electrons. The van der Waals surface area contributed by atoms with E-state index in [1.165, 1.54) is 5.56 Å². The van der Waals surface area contributed by atoms with Crippen molar-refractivity contribution in [2.24, 2.45) is 0 Å². The molecule has 0 bridgehead atoms. The molecule has 3 rings (SSSR count). The number of aryl methyl sites for hydroxylation is 1. The summed E-state index contributed by atoms with van der Waals surface area (Å²) in [6, 6.07) is 11.9. The summed E-state index contributed by atoms with van der Waals surface area (Å²) in [4.78, 5) is 18.1. The predicted molar refractivity (Wildman–Crippen MR) is 108 cm³/mol. The molecule has 1 N–H and O–H groups in total. The summed E-state index contributed by atoms with van der Waals surface area (Å²) in [5, 5.41) is 0.992. The molecular formula is C22H26N2O3. The fraction of sp³-hybridized carbons (Fsp3) is 0.318. The van der Waals surface area contributed by atoms with Crippen molar-refractivity contribution in [2.45, 2.75) is 19.9 Å². The van der Waals surface area contributed by atoms with Crippen LogP contribution in [0.15, 0.2) is 42.6 Å². The molecule has 0 saturated carbocycles. The van der Waals surface area contributed by atoms with E-state index in [4.69, 9.17) is 9.47 Å². The van der Waals surface area contributed by atoms with E-state index in [1.807, 2.05) is 48.5 Å². The Labute approximate surface area is 159 Å². The summed E-state index contributed by atoms with van der Waals surface area (Å²) >= 11 is 0. The number of ether oxygens (including phenoxy) is 2. The average Bonchev–Trinajstić information content (AvgIpc) is 3.11. The number of carbonyl (C=O) groups is 1. The van der Waals surface area contributed by atoms with Crippen LogP contribution in [-0.2, 0) is 13.0 Å². The minimum absolute atomic E-state index is 0.0962. The number of para-hydroxylation sites is 2. The highest BCUT2D eigenvalue weighted by Gasteiger charge is 2.17. The van der Waals surface area contributed by atoms with Gasteiger partial charge in [-0.3, -0.25) is 9.69 Å². The molecular weight excluding hydrogens is 340 g/mol. The second-order valence-corrected chi connectivity index (χ2v) is 6.64. The second-order valence-electron chi connectivity index (χ2n) is 6.64. The van der Waals surface area contributed by atoms with Gasteiger partial charge in [0.15, 0.2) is 17.3 Å². The summed E-state index contributed by atoms with van der Waals surface area (Å²) < 4.78 is 10.8. The number of hydrogen-bond donors (Lipinski definition) is 1. The Morgan fingerprint density at radius 2 is 1.81 bits per heavy atom. The number of likely N-dealkylation sites (N-methyl/N-ethyl adjacent to an activating group) is 1. The summed E-state index contributed by atoms with van der Waals surface area (Å²) in [6.45, 7) is 3.03. The van der Waals surface area contributed by atoms with Gasteiger partial charge in [-0.1, -0.05) is 37.3 Å². The van der Waals surface area contributed by atoms with Gasteiger partial charge in [-0.2, -0.15) is 0 Å². The standard InChI is InChI=1S/C22H26N2O3/c1-5-15-8-6-10-17-18(12-23-21(15)17)19(25)14-24(2)13-16-9-7-11-20(26-3)22(16)27-4/h6-12,23H,5,13-14H2,1-4H3. The first kappa shape index (κ1) is 19.0. The van der Waals surface area contributed by atoms with Gasteiger partial charge in [0.05, 0.1) is 20.8 Å². The van der Waals surface area contributed by atoms with Gasteiger partial charge in [0.1, 0.15) is 0 Å².